The van der Waals surface area contributed by atoms with Crippen molar-refractivity contribution in [1.82, 2.24) is 9.80 Å². The third kappa shape index (κ3) is 6.30. The second-order valence-electron chi connectivity index (χ2n) is 7.47. The number of nitrogens with zero attached hydrogens (tertiary/aromatic N) is 2. The molecule has 1 N–H and O–H groups in total. The van der Waals surface area contributed by atoms with Crippen LogP contribution in [0.15, 0.2) is 36.4 Å². The fraction of sp³-hybridized carbons (Fsp3) is 0.391. The Morgan fingerprint density at radius 1 is 1.16 bits per heavy atom. The molecule has 1 fully saturated rings. The lowest BCUT2D eigenvalue weighted by molar-refractivity contribution is -0.118. The summed E-state index contributed by atoms with van der Waals surface area (Å²) >= 11 is 7.93. The average Bonchev–Trinajstić information content (AvgIpc) is 2.78. The average molecular weight is 553 g/mol. The van der Waals surface area contributed by atoms with Gasteiger partial charge in [0.2, 0.25) is 0 Å². The number of rotatable bonds is 7. The van der Waals surface area contributed by atoms with Crippen LogP contribution < -0.4 is 14.8 Å². The number of ether oxygens (including phenoxy) is 2. The van der Waals surface area contributed by atoms with Gasteiger partial charge in [0.05, 0.1) is 10.7 Å². The summed E-state index contributed by atoms with van der Waals surface area (Å²) in [6, 6.07) is 11.7. The Kier molecular flexibility index (Phi) is 8.50. The van der Waals surface area contributed by atoms with Crippen molar-refractivity contribution in [1.29, 1.82) is 0 Å². The first kappa shape index (κ1) is 23.7. The van der Waals surface area contributed by atoms with E-state index in [0.29, 0.717) is 11.5 Å². The van der Waals surface area contributed by atoms with E-state index in [2.05, 4.69) is 51.7 Å². The smallest absolute Gasteiger partial charge is 0.262 e. The van der Waals surface area contributed by atoms with Gasteiger partial charge >= 0.3 is 0 Å². The van der Waals surface area contributed by atoms with Crippen LogP contribution in [0.5, 0.6) is 11.5 Å². The number of thiocarbonyl (C=S) groups is 1. The Morgan fingerprint density at radius 3 is 2.45 bits per heavy atom. The van der Waals surface area contributed by atoms with Crippen LogP contribution in [-0.2, 0) is 11.2 Å². The summed E-state index contributed by atoms with van der Waals surface area (Å²) in [4.78, 5) is 17.7. The third-order valence-corrected chi connectivity index (χ3v) is 6.56. The zero-order valence-corrected chi connectivity index (χ0v) is 21.1. The Labute approximate surface area is 203 Å². The summed E-state index contributed by atoms with van der Waals surface area (Å²) in [5, 5.41) is 2.86. The molecule has 0 saturated carbocycles. The molecular formula is C23H28IN3O3S. The number of hydrogen-bond acceptors (Lipinski definition) is 5. The number of carbonyl (C=O) groups is 1. The predicted molar refractivity (Wildman–Crippen MR) is 136 cm³/mol. The Bertz CT molecular complexity index is 928. The second-order valence-corrected chi connectivity index (χ2v) is 9.02. The van der Waals surface area contributed by atoms with Crippen LogP contribution in [0.2, 0.25) is 0 Å². The van der Waals surface area contributed by atoms with Crippen LogP contribution >= 0.6 is 34.8 Å². The minimum absolute atomic E-state index is 0.107. The lowest BCUT2D eigenvalue weighted by Crippen LogP contribution is -2.46. The maximum atomic E-state index is 12.3. The van der Waals surface area contributed by atoms with Crippen molar-refractivity contribution in [3.8, 4) is 11.5 Å². The molecule has 1 heterocycles. The van der Waals surface area contributed by atoms with E-state index in [1.807, 2.05) is 36.4 Å². The molecule has 0 bridgehead atoms. The van der Waals surface area contributed by atoms with Gasteiger partial charge in [-0.05, 0) is 65.9 Å². The fourth-order valence-electron chi connectivity index (χ4n) is 3.33. The van der Waals surface area contributed by atoms with E-state index >= 15 is 0 Å². The monoisotopic (exact) mass is 553 g/mol. The zero-order valence-electron chi connectivity index (χ0n) is 18.1. The van der Waals surface area contributed by atoms with Crippen molar-refractivity contribution in [2.24, 2.45) is 0 Å². The van der Waals surface area contributed by atoms with Crippen LogP contribution in [0, 0.1) is 3.57 Å². The van der Waals surface area contributed by atoms with Gasteiger partial charge in [-0.2, -0.15) is 0 Å². The van der Waals surface area contributed by atoms with Crippen molar-refractivity contribution in [3.05, 3.63) is 51.1 Å². The Hall–Kier alpha value is -1.91. The number of likely N-dealkylation sites (N-methyl/N-ethyl adjacent to an activating group) is 1. The number of methoxy groups -OCH3 is 1. The predicted octanol–water partition coefficient (Wildman–Crippen LogP) is 3.80. The highest BCUT2D eigenvalue weighted by Crippen LogP contribution is 2.34. The third-order valence-electron chi connectivity index (χ3n) is 5.26. The van der Waals surface area contributed by atoms with E-state index in [9.17, 15) is 4.79 Å². The van der Waals surface area contributed by atoms with Crippen molar-refractivity contribution in [2.75, 3.05) is 52.3 Å². The van der Waals surface area contributed by atoms with E-state index in [1.54, 1.807) is 7.11 Å². The van der Waals surface area contributed by atoms with E-state index in [4.69, 9.17) is 21.7 Å². The van der Waals surface area contributed by atoms with Crippen molar-refractivity contribution < 1.29 is 14.3 Å². The van der Waals surface area contributed by atoms with E-state index in [1.165, 1.54) is 5.56 Å². The second kappa shape index (κ2) is 11.1. The molecule has 166 valence electrons. The highest BCUT2D eigenvalue weighted by atomic mass is 127. The normalized spacial score (nSPS) is 14.3. The number of anilines is 1. The molecule has 0 aromatic heterocycles. The molecule has 1 saturated heterocycles. The summed E-state index contributed by atoms with van der Waals surface area (Å²) in [5.74, 6) is 0.891. The molecule has 0 radical (unpaired) electrons. The van der Waals surface area contributed by atoms with Gasteiger partial charge in [0.25, 0.3) is 5.91 Å². The van der Waals surface area contributed by atoms with Gasteiger partial charge in [0.1, 0.15) is 4.99 Å². The largest absolute Gasteiger partial charge is 0.493 e. The van der Waals surface area contributed by atoms with Gasteiger partial charge in [0.15, 0.2) is 18.1 Å². The van der Waals surface area contributed by atoms with Crippen molar-refractivity contribution in [2.45, 2.75) is 13.3 Å². The molecule has 0 atom stereocenters. The molecule has 0 unspecified atom stereocenters. The summed E-state index contributed by atoms with van der Waals surface area (Å²) in [6.07, 6.45) is 0.962. The Balaban J connectivity index is 1.65. The van der Waals surface area contributed by atoms with Gasteiger partial charge in [-0.25, -0.2) is 0 Å². The van der Waals surface area contributed by atoms with Crippen LogP contribution in [0.4, 0.5) is 5.69 Å². The number of carbonyl (C=O) groups excluding carboxylic acids is 1. The highest BCUT2D eigenvalue weighted by Gasteiger charge is 2.21. The number of benzene rings is 2. The molecule has 0 spiro atoms. The molecule has 6 nitrogen and oxygen atoms in total. The molecular weight excluding hydrogens is 525 g/mol. The molecule has 1 aliphatic rings. The topological polar surface area (TPSA) is 54.0 Å². The van der Waals surface area contributed by atoms with E-state index < -0.39 is 0 Å². The number of nitrogens with one attached hydrogen (secondary N) is 1. The first-order valence-electron chi connectivity index (χ1n) is 10.3. The minimum atomic E-state index is -0.223. The molecule has 1 aliphatic heterocycles. The van der Waals surface area contributed by atoms with Crippen molar-refractivity contribution in [3.63, 3.8) is 0 Å². The van der Waals surface area contributed by atoms with Crippen LogP contribution in [-0.4, -0.2) is 67.6 Å². The number of halogens is 1. The number of piperazine rings is 1. The molecule has 8 heteroatoms. The molecule has 2 aromatic rings. The summed E-state index contributed by atoms with van der Waals surface area (Å²) < 4.78 is 12.2. The fourth-order valence-corrected chi connectivity index (χ4v) is 4.39. The summed E-state index contributed by atoms with van der Waals surface area (Å²) in [6.45, 7) is 5.79. The van der Waals surface area contributed by atoms with E-state index in [-0.39, 0.29) is 12.5 Å². The SMILES string of the molecule is CCc1ccc(NC(=O)COc2c(I)cc(C(=S)N3CCN(C)CC3)cc2OC)cc1. The Morgan fingerprint density at radius 2 is 1.84 bits per heavy atom. The van der Waals surface area contributed by atoms with E-state index in [0.717, 1.165) is 52.4 Å². The number of hydrogen-bond donors (Lipinski definition) is 1. The molecule has 3 rings (SSSR count). The number of amides is 1. The standard InChI is InChI=1S/C23H28IN3O3S/c1-4-16-5-7-18(8-6-16)25-21(28)15-30-22-19(24)13-17(14-20(22)29-3)23(31)27-11-9-26(2)10-12-27/h5-8,13-14H,4,9-12,15H2,1-3H3,(H,25,28). The molecule has 2 aromatic carbocycles. The highest BCUT2D eigenvalue weighted by molar-refractivity contribution is 14.1. The lowest BCUT2D eigenvalue weighted by Gasteiger charge is -2.34. The molecule has 1 amide bonds. The van der Waals surface area contributed by atoms with Gasteiger partial charge < -0.3 is 24.6 Å². The molecule has 0 aliphatic carbocycles. The molecule has 31 heavy (non-hydrogen) atoms. The quantitative estimate of drug-likeness (QED) is 0.416. The van der Waals surface area contributed by atoms with Gasteiger partial charge in [-0.3, -0.25) is 4.79 Å². The van der Waals surface area contributed by atoms with Crippen LogP contribution in [0.3, 0.4) is 0 Å². The zero-order chi connectivity index (χ0) is 22.4. The number of aryl methyl sites for hydroxylation is 1. The van der Waals surface area contributed by atoms with Crippen LogP contribution in [0.25, 0.3) is 0 Å². The van der Waals surface area contributed by atoms with Crippen LogP contribution in [0.1, 0.15) is 18.1 Å². The lowest BCUT2D eigenvalue weighted by atomic mass is 10.1. The maximum absolute atomic E-state index is 12.3. The van der Waals surface area contributed by atoms with Crippen molar-refractivity contribution >= 4 is 51.4 Å². The van der Waals surface area contributed by atoms with Gasteiger partial charge in [-0.1, -0.05) is 31.3 Å². The minimum Gasteiger partial charge on any atom is -0.493 e. The summed E-state index contributed by atoms with van der Waals surface area (Å²) in [7, 11) is 3.71. The summed E-state index contributed by atoms with van der Waals surface area (Å²) in [5.41, 5.74) is 2.90. The first-order chi connectivity index (χ1) is 14.9. The van der Waals surface area contributed by atoms with Gasteiger partial charge in [0, 0.05) is 37.4 Å². The first-order valence-corrected chi connectivity index (χ1v) is 11.8. The maximum Gasteiger partial charge on any atom is 0.262 e. The van der Waals surface area contributed by atoms with Gasteiger partial charge in [-0.15, -0.1) is 0 Å².